The van der Waals surface area contributed by atoms with Crippen molar-refractivity contribution in [3.8, 4) is 0 Å². The summed E-state index contributed by atoms with van der Waals surface area (Å²) in [5, 5.41) is 3.02. The van der Waals surface area contributed by atoms with E-state index in [0.29, 0.717) is 6.61 Å². The van der Waals surface area contributed by atoms with Gasteiger partial charge >= 0.3 is 5.97 Å². The summed E-state index contributed by atoms with van der Waals surface area (Å²) >= 11 is 0. The molecule has 0 saturated heterocycles. The molecule has 1 N–H and O–H groups in total. The normalized spacial score (nSPS) is 12.3. The monoisotopic (exact) mass is 235 g/mol. The molecule has 3 nitrogen and oxygen atoms in total. The Morgan fingerprint density at radius 3 is 2.47 bits per heavy atom. The third-order valence-electron chi connectivity index (χ3n) is 3.22. The molecule has 0 aliphatic rings. The summed E-state index contributed by atoms with van der Waals surface area (Å²) < 4.78 is 5.07. The Hall–Kier alpha value is -1.35. The summed E-state index contributed by atoms with van der Waals surface area (Å²) in [4.78, 5) is 11.8. The van der Waals surface area contributed by atoms with Crippen LogP contribution < -0.4 is 5.32 Å². The van der Waals surface area contributed by atoms with Crippen molar-refractivity contribution in [3.05, 3.63) is 34.4 Å². The lowest BCUT2D eigenvalue weighted by molar-refractivity contribution is -0.145. The zero-order valence-electron chi connectivity index (χ0n) is 11.3. The largest absolute Gasteiger partial charge is 0.465 e. The van der Waals surface area contributed by atoms with E-state index in [9.17, 15) is 4.79 Å². The van der Waals surface area contributed by atoms with Gasteiger partial charge in [-0.05, 0) is 57.0 Å². The lowest BCUT2D eigenvalue weighted by Crippen LogP contribution is -2.28. The van der Waals surface area contributed by atoms with Crippen LogP contribution in [0.4, 0.5) is 0 Å². The number of esters is 1. The number of likely N-dealkylation sites (N-methyl/N-ethyl adjacent to an activating group) is 1. The highest BCUT2D eigenvalue weighted by Crippen LogP contribution is 2.23. The highest BCUT2D eigenvalue weighted by molar-refractivity contribution is 5.78. The van der Waals surface area contributed by atoms with Crippen molar-refractivity contribution >= 4 is 5.97 Å². The Kier molecular flexibility index (Phi) is 4.70. The molecule has 0 aliphatic heterocycles. The van der Waals surface area contributed by atoms with Crippen molar-refractivity contribution in [3.63, 3.8) is 0 Å². The highest BCUT2D eigenvalue weighted by atomic mass is 16.5. The average Bonchev–Trinajstić information content (AvgIpc) is 2.30. The van der Waals surface area contributed by atoms with Crippen molar-refractivity contribution in [2.45, 2.75) is 33.7 Å². The van der Waals surface area contributed by atoms with Gasteiger partial charge in [0.25, 0.3) is 0 Å². The Morgan fingerprint density at radius 1 is 1.29 bits per heavy atom. The van der Waals surface area contributed by atoms with Crippen LogP contribution >= 0.6 is 0 Å². The van der Waals surface area contributed by atoms with Crippen LogP contribution in [0.25, 0.3) is 0 Å². The smallest absolute Gasteiger partial charge is 0.327 e. The first-order chi connectivity index (χ1) is 8.02. The molecule has 1 aromatic rings. The number of aryl methyl sites for hydroxylation is 1. The van der Waals surface area contributed by atoms with Gasteiger partial charge in [-0.2, -0.15) is 0 Å². The predicted octanol–water partition coefficient (Wildman–Crippen LogP) is 2.44. The topological polar surface area (TPSA) is 38.3 Å². The van der Waals surface area contributed by atoms with Gasteiger partial charge in [-0.25, -0.2) is 4.79 Å². The third kappa shape index (κ3) is 2.86. The van der Waals surface area contributed by atoms with Gasteiger partial charge < -0.3 is 10.1 Å². The van der Waals surface area contributed by atoms with Gasteiger partial charge in [-0.15, -0.1) is 0 Å². The van der Waals surface area contributed by atoms with Crippen molar-refractivity contribution < 1.29 is 9.53 Å². The maximum absolute atomic E-state index is 11.8. The minimum atomic E-state index is -0.380. The molecule has 0 radical (unpaired) electrons. The summed E-state index contributed by atoms with van der Waals surface area (Å²) in [6, 6.07) is 3.66. The summed E-state index contributed by atoms with van der Waals surface area (Å²) in [6.45, 7) is 8.41. The number of carbonyl (C=O) groups excluding carboxylic acids is 1. The van der Waals surface area contributed by atoms with Gasteiger partial charge in [0, 0.05) is 0 Å². The van der Waals surface area contributed by atoms with Crippen LogP contribution in [-0.2, 0) is 9.53 Å². The Balaban J connectivity index is 3.13. The number of nitrogens with one attached hydrogen (secondary N) is 1. The molecule has 0 aliphatic carbocycles. The van der Waals surface area contributed by atoms with Crippen molar-refractivity contribution in [1.29, 1.82) is 0 Å². The number of rotatable bonds is 4. The van der Waals surface area contributed by atoms with Crippen molar-refractivity contribution in [2.75, 3.05) is 13.7 Å². The Bertz CT molecular complexity index is 413. The average molecular weight is 235 g/mol. The SMILES string of the molecule is CCOC(=O)C(NC)c1ccc(C)c(C)c1C. The molecule has 3 heteroatoms. The van der Waals surface area contributed by atoms with E-state index in [2.05, 4.69) is 19.2 Å². The van der Waals surface area contributed by atoms with Gasteiger partial charge in [-0.1, -0.05) is 12.1 Å². The molecule has 0 saturated carbocycles. The molecule has 1 rings (SSSR count). The van der Waals surface area contributed by atoms with E-state index in [1.165, 1.54) is 11.1 Å². The summed E-state index contributed by atoms with van der Waals surface area (Å²) in [5.41, 5.74) is 4.61. The minimum Gasteiger partial charge on any atom is -0.465 e. The van der Waals surface area contributed by atoms with E-state index in [1.807, 2.05) is 26.0 Å². The Morgan fingerprint density at radius 2 is 1.94 bits per heavy atom. The molecule has 1 aromatic carbocycles. The van der Waals surface area contributed by atoms with Gasteiger partial charge in [0.1, 0.15) is 6.04 Å². The summed E-state index contributed by atoms with van der Waals surface area (Å²) in [6.07, 6.45) is 0. The van der Waals surface area contributed by atoms with Crippen LogP contribution in [0.15, 0.2) is 12.1 Å². The lowest BCUT2D eigenvalue weighted by Gasteiger charge is -2.19. The minimum absolute atomic E-state index is 0.221. The second-order valence-electron chi connectivity index (χ2n) is 4.20. The molecule has 0 heterocycles. The second kappa shape index (κ2) is 5.82. The quantitative estimate of drug-likeness (QED) is 0.815. The van der Waals surface area contributed by atoms with Crippen LogP contribution in [0.1, 0.15) is 35.2 Å². The van der Waals surface area contributed by atoms with E-state index >= 15 is 0 Å². The number of benzene rings is 1. The first kappa shape index (κ1) is 13.7. The third-order valence-corrected chi connectivity index (χ3v) is 3.22. The molecule has 0 fully saturated rings. The van der Waals surface area contributed by atoms with Crippen LogP contribution in [0.3, 0.4) is 0 Å². The molecule has 17 heavy (non-hydrogen) atoms. The number of hydrogen-bond donors (Lipinski definition) is 1. The first-order valence-electron chi connectivity index (χ1n) is 5.93. The number of hydrogen-bond acceptors (Lipinski definition) is 3. The van der Waals surface area contributed by atoms with Gasteiger partial charge in [0.05, 0.1) is 6.61 Å². The molecule has 0 amide bonds. The predicted molar refractivity (Wildman–Crippen MR) is 69.1 cm³/mol. The van der Waals surface area contributed by atoms with Gasteiger partial charge in [0.2, 0.25) is 0 Å². The fraction of sp³-hybridized carbons (Fsp3) is 0.500. The van der Waals surface area contributed by atoms with Crippen LogP contribution in [0.5, 0.6) is 0 Å². The maximum atomic E-state index is 11.8. The lowest BCUT2D eigenvalue weighted by atomic mass is 9.94. The van der Waals surface area contributed by atoms with Crippen LogP contribution in [0.2, 0.25) is 0 Å². The zero-order chi connectivity index (χ0) is 13.0. The molecule has 1 unspecified atom stereocenters. The van der Waals surface area contributed by atoms with E-state index in [1.54, 1.807) is 7.05 Å². The molecule has 0 aromatic heterocycles. The maximum Gasteiger partial charge on any atom is 0.327 e. The van der Waals surface area contributed by atoms with E-state index in [4.69, 9.17) is 4.74 Å². The van der Waals surface area contributed by atoms with Gasteiger partial charge in [0.15, 0.2) is 0 Å². The molecule has 94 valence electrons. The van der Waals surface area contributed by atoms with Crippen LogP contribution in [-0.4, -0.2) is 19.6 Å². The van der Waals surface area contributed by atoms with Crippen molar-refractivity contribution in [2.24, 2.45) is 0 Å². The molecule has 1 atom stereocenters. The fourth-order valence-corrected chi connectivity index (χ4v) is 1.92. The summed E-state index contributed by atoms with van der Waals surface area (Å²) in [7, 11) is 1.77. The zero-order valence-corrected chi connectivity index (χ0v) is 11.3. The van der Waals surface area contributed by atoms with Gasteiger partial charge in [-0.3, -0.25) is 0 Å². The number of carbonyl (C=O) groups is 1. The first-order valence-corrected chi connectivity index (χ1v) is 5.93. The Labute approximate surface area is 103 Å². The number of ether oxygens (including phenoxy) is 1. The van der Waals surface area contributed by atoms with E-state index in [0.717, 1.165) is 11.1 Å². The molecular weight excluding hydrogens is 214 g/mol. The molecular formula is C14H21NO2. The van der Waals surface area contributed by atoms with E-state index < -0.39 is 0 Å². The van der Waals surface area contributed by atoms with E-state index in [-0.39, 0.29) is 12.0 Å². The molecule has 0 spiro atoms. The fourth-order valence-electron chi connectivity index (χ4n) is 1.92. The summed E-state index contributed by atoms with van der Waals surface area (Å²) in [5.74, 6) is -0.221. The van der Waals surface area contributed by atoms with Crippen molar-refractivity contribution in [1.82, 2.24) is 5.32 Å². The molecule has 0 bridgehead atoms. The highest BCUT2D eigenvalue weighted by Gasteiger charge is 2.22. The second-order valence-corrected chi connectivity index (χ2v) is 4.20. The van der Waals surface area contributed by atoms with Crippen LogP contribution in [0, 0.1) is 20.8 Å². The standard InChI is InChI=1S/C14H21NO2/c1-6-17-14(16)13(15-5)12-8-7-9(2)10(3)11(12)4/h7-8,13,15H,6H2,1-5H3.